The minimum atomic E-state index is -0.113. The number of aromatic nitrogens is 4. The zero-order chi connectivity index (χ0) is 19.3. The Kier molecular flexibility index (Phi) is 3.72. The molecule has 138 valence electrons. The van der Waals surface area contributed by atoms with Gasteiger partial charge in [-0.2, -0.15) is 5.10 Å². The number of benzene rings is 2. The van der Waals surface area contributed by atoms with Crippen LogP contribution in [-0.4, -0.2) is 30.7 Å². The molecule has 0 saturated carbocycles. The summed E-state index contributed by atoms with van der Waals surface area (Å²) in [6, 6.07) is 17.1. The Morgan fingerprint density at radius 3 is 2.54 bits per heavy atom. The van der Waals surface area contributed by atoms with Gasteiger partial charge in [0.25, 0.3) is 0 Å². The number of carbonyl (C=O) groups excluding carboxylic acids is 1. The van der Waals surface area contributed by atoms with Crippen LogP contribution in [0.2, 0.25) is 0 Å². The maximum atomic E-state index is 12.8. The van der Waals surface area contributed by atoms with Crippen molar-refractivity contribution < 1.29 is 9.90 Å². The third-order valence-electron chi connectivity index (χ3n) is 5.38. The standard InChI is InChI=1S/C22H18N4O2/c1-13-20(14-7-3-2-4-8-14)22-24-23-21-17(26(22)25-13)11-15(12-19(21)28)16-9-5-6-10-18(16)27/h2-10,15,27H,11-12H2,1H3/t15-/m1/s1. The second kappa shape index (κ2) is 6.27. The van der Waals surface area contributed by atoms with E-state index in [-0.39, 0.29) is 17.5 Å². The molecule has 0 radical (unpaired) electrons. The van der Waals surface area contributed by atoms with Crippen LogP contribution in [0.5, 0.6) is 5.75 Å². The van der Waals surface area contributed by atoms with Crippen molar-refractivity contribution in [1.82, 2.24) is 19.8 Å². The Balaban J connectivity index is 1.69. The third kappa shape index (κ3) is 2.49. The topological polar surface area (TPSA) is 80.4 Å². The highest BCUT2D eigenvalue weighted by Crippen LogP contribution is 2.37. The lowest BCUT2D eigenvalue weighted by Gasteiger charge is -2.23. The zero-order valence-electron chi connectivity index (χ0n) is 15.3. The predicted octanol–water partition coefficient (Wildman–Crippen LogP) is 3.72. The number of hydrogen-bond donors (Lipinski definition) is 1. The van der Waals surface area contributed by atoms with E-state index >= 15 is 0 Å². The number of rotatable bonds is 2. The lowest BCUT2D eigenvalue weighted by atomic mass is 9.83. The summed E-state index contributed by atoms with van der Waals surface area (Å²) in [5.74, 6) is 0.0280. The molecule has 4 aromatic rings. The average molecular weight is 370 g/mol. The summed E-state index contributed by atoms with van der Waals surface area (Å²) in [5, 5.41) is 23.5. The second-order valence-corrected chi connectivity index (χ2v) is 7.14. The number of Topliss-reactive ketones (excluding diaryl/α,β-unsaturated/α-hetero) is 1. The molecule has 1 atom stereocenters. The van der Waals surface area contributed by atoms with Crippen molar-refractivity contribution in [3.05, 3.63) is 77.2 Å². The fraction of sp³-hybridized carbons (Fsp3) is 0.182. The van der Waals surface area contributed by atoms with Crippen LogP contribution in [0.15, 0.2) is 54.6 Å². The first-order chi connectivity index (χ1) is 13.6. The van der Waals surface area contributed by atoms with E-state index in [1.807, 2.05) is 49.4 Å². The number of ketones is 1. The summed E-state index contributed by atoms with van der Waals surface area (Å²) < 4.78 is 1.75. The van der Waals surface area contributed by atoms with Crippen LogP contribution in [0.3, 0.4) is 0 Å². The van der Waals surface area contributed by atoms with Crippen LogP contribution in [0.25, 0.3) is 16.8 Å². The van der Waals surface area contributed by atoms with Crippen molar-refractivity contribution in [2.45, 2.75) is 25.7 Å². The number of aromatic hydroxyl groups is 1. The lowest BCUT2D eigenvalue weighted by Crippen LogP contribution is -2.24. The minimum absolute atomic E-state index is 0.0710. The van der Waals surface area contributed by atoms with Crippen molar-refractivity contribution in [1.29, 1.82) is 0 Å². The molecule has 0 aliphatic heterocycles. The number of phenols is 1. The highest BCUT2D eigenvalue weighted by Gasteiger charge is 2.32. The van der Waals surface area contributed by atoms with Crippen LogP contribution in [0.1, 0.15) is 39.8 Å². The quantitative estimate of drug-likeness (QED) is 0.582. The van der Waals surface area contributed by atoms with Gasteiger partial charge in [0.05, 0.1) is 17.0 Å². The molecule has 2 aromatic heterocycles. The van der Waals surface area contributed by atoms with E-state index in [1.165, 1.54) is 0 Å². The molecule has 1 aliphatic rings. The Morgan fingerprint density at radius 2 is 1.75 bits per heavy atom. The number of hydrogen-bond acceptors (Lipinski definition) is 5. The Morgan fingerprint density at radius 1 is 1.00 bits per heavy atom. The molecule has 0 spiro atoms. The summed E-state index contributed by atoms with van der Waals surface area (Å²) in [6.07, 6.45) is 0.872. The Bertz CT molecular complexity index is 1210. The molecule has 2 heterocycles. The van der Waals surface area contributed by atoms with Gasteiger partial charge in [-0.1, -0.05) is 48.5 Å². The molecule has 1 N–H and O–H groups in total. The highest BCUT2D eigenvalue weighted by atomic mass is 16.3. The van der Waals surface area contributed by atoms with E-state index in [0.29, 0.717) is 24.2 Å². The zero-order valence-corrected chi connectivity index (χ0v) is 15.3. The van der Waals surface area contributed by atoms with Gasteiger partial charge in [0, 0.05) is 12.3 Å². The van der Waals surface area contributed by atoms with Gasteiger partial charge in [-0.3, -0.25) is 4.79 Å². The predicted molar refractivity (Wildman–Crippen MR) is 104 cm³/mol. The van der Waals surface area contributed by atoms with Crippen LogP contribution < -0.4 is 0 Å². The first-order valence-corrected chi connectivity index (χ1v) is 9.25. The molecular weight excluding hydrogens is 352 g/mol. The summed E-state index contributed by atoms with van der Waals surface area (Å²) >= 11 is 0. The van der Waals surface area contributed by atoms with E-state index < -0.39 is 0 Å². The molecule has 0 bridgehead atoms. The fourth-order valence-electron chi connectivity index (χ4n) is 4.07. The van der Waals surface area contributed by atoms with Gasteiger partial charge in [0.1, 0.15) is 5.75 Å². The monoisotopic (exact) mass is 370 g/mol. The maximum absolute atomic E-state index is 12.8. The van der Waals surface area contributed by atoms with E-state index in [4.69, 9.17) is 0 Å². The van der Waals surface area contributed by atoms with Gasteiger partial charge >= 0.3 is 0 Å². The summed E-state index contributed by atoms with van der Waals surface area (Å²) in [4.78, 5) is 12.8. The first-order valence-electron chi connectivity index (χ1n) is 9.25. The number of aryl methyl sites for hydroxylation is 1. The minimum Gasteiger partial charge on any atom is -0.508 e. The van der Waals surface area contributed by atoms with Crippen molar-refractivity contribution >= 4 is 11.4 Å². The van der Waals surface area contributed by atoms with Crippen LogP contribution in [0, 0.1) is 6.92 Å². The molecule has 28 heavy (non-hydrogen) atoms. The van der Waals surface area contributed by atoms with Crippen molar-refractivity contribution in [2.24, 2.45) is 0 Å². The number of phenolic OH excluding ortho intramolecular Hbond substituents is 1. The van der Waals surface area contributed by atoms with Gasteiger partial charge < -0.3 is 5.11 Å². The van der Waals surface area contributed by atoms with Gasteiger partial charge in [-0.15, -0.1) is 10.2 Å². The van der Waals surface area contributed by atoms with Crippen LogP contribution in [-0.2, 0) is 6.42 Å². The van der Waals surface area contributed by atoms with Gasteiger partial charge in [0.2, 0.25) is 0 Å². The van der Waals surface area contributed by atoms with Crippen LogP contribution in [0.4, 0.5) is 0 Å². The van der Waals surface area contributed by atoms with Crippen molar-refractivity contribution in [2.75, 3.05) is 0 Å². The summed E-state index contributed by atoms with van der Waals surface area (Å²) in [7, 11) is 0. The van der Waals surface area contributed by atoms with E-state index in [9.17, 15) is 9.90 Å². The summed E-state index contributed by atoms with van der Waals surface area (Å²) in [5.41, 5.74) is 5.33. The average Bonchev–Trinajstić information content (AvgIpc) is 3.05. The van der Waals surface area contributed by atoms with Gasteiger partial charge in [-0.25, -0.2) is 4.52 Å². The molecule has 0 amide bonds. The Hall–Kier alpha value is -3.54. The van der Waals surface area contributed by atoms with E-state index in [1.54, 1.807) is 16.6 Å². The number of fused-ring (bicyclic) bond motifs is 3. The van der Waals surface area contributed by atoms with Gasteiger partial charge in [-0.05, 0) is 30.5 Å². The molecule has 2 aromatic carbocycles. The molecule has 6 nitrogen and oxygen atoms in total. The molecule has 0 fully saturated rings. The SMILES string of the molecule is Cc1nn2c3c(nnc2c1-c1ccccc1)C(=O)C[C@H](c1ccccc1O)C3. The largest absolute Gasteiger partial charge is 0.508 e. The van der Waals surface area contributed by atoms with E-state index in [0.717, 1.165) is 28.1 Å². The first kappa shape index (κ1) is 16.6. The Labute approximate surface area is 161 Å². The normalized spacial score (nSPS) is 16.3. The number of para-hydroxylation sites is 1. The lowest BCUT2D eigenvalue weighted by molar-refractivity contribution is 0.0955. The second-order valence-electron chi connectivity index (χ2n) is 7.14. The van der Waals surface area contributed by atoms with Crippen molar-refractivity contribution in [3.8, 4) is 16.9 Å². The highest BCUT2D eigenvalue weighted by molar-refractivity contribution is 5.97. The summed E-state index contributed by atoms with van der Waals surface area (Å²) in [6.45, 7) is 1.94. The smallest absolute Gasteiger partial charge is 0.185 e. The number of nitrogens with zero attached hydrogens (tertiary/aromatic N) is 4. The maximum Gasteiger partial charge on any atom is 0.185 e. The van der Waals surface area contributed by atoms with E-state index in [2.05, 4.69) is 15.3 Å². The fourth-order valence-corrected chi connectivity index (χ4v) is 4.07. The number of carbonyl (C=O) groups is 1. The molecule has 6 heteroatoms. The molecular formula is C22H18N4O2. The van der Waals surface area contributed by atoms with Crippen LogP contribution >= 0.6 is 0 Å². The van der Waals surface area contributed by atoms with Crippen molar-refractivity contribution in [3.63, 3.8) is 0 Å². The molecule has 1 aliphatic carbocycles. The molecule has 0 saturated heterocycles. The molecule has 0 unspecified atom stereocenters. The van der Waals surface area contributed by atoms with Gasteiger partial charge in [0.15, 0.2) is 17.1 Å². The molecule has 5 rings (SSSR count). The third-order valence-corrected chi connectivity index (χ3v) is 5.38.